The summed E-state index contributed by atoms with van der Waals surface area (Å²) < 4.78 is 10.9. The lowest BCUT2D eigenvalue weighted by Crippen LogP contribution is -2.34. The molecule has 0 radical (unpaired) electrons. The summed E-state index contributed by atoms with van der Waals surface area (Å²) in [6.45, 7) is 3.25. The molecule has 4 nitrogen and oxygen atoms in total. The van der Waals surface area contributed by atoms with E-state index in [0.29, 0.717) is 28.0 Å². The number of carbonyl (C=O) groups excluding carboxylic acids is 1. The molecule has 1 N–H and O–H groups in total. The molecule has 0 saturated carbocycles. The third kappa shape index (κ3) is 2.67. The molecule has 1 aromatic rings. The Hall–Kier alpha value is -1.07. The number of halogens is 1. The number of carbonyl (C=O) groups is 1. The van der Waals surface area contributed by atoms with E-state index in [-0.39, 0.29) is 5.78 Å². The number of hydrogen-bond donors (Lipinski definition) is 1. The molecule has 0 amide bonds. The van der Waals surface area contributed by atoms with Crippen LogP contribution < -0.4 is 9.47 Å². The van der Waals surface area contributed by atoms with Gasteiger partial charge in [0.25, 0.3) is 0 Å². The van der Waals surface area contributed by atoms with E-state index in [9.17, 15) is 9.90 Å². The lowest BCUT2D eigenvalue weighted by Gasteiger charge is -2.21. The molecule has 5 heteroatoms. The highest BCUT2D eigenvalue weighted by atomic mass is 79.9. The second kappa shape index (κ2) is 5.71. The van der Waals surface area contributed by atoms with E-state index in [1.54, 1.807) is 19.1 Å². The predicted octanol–water partition coefficient (Wildman–Crippen LogP) is 2.81. The number of ketones is 1. The molecule has 0 aliphatic rings. The van der Waals surface area contributed by atoms with Gasteiger partial charge in [-0.25, -0.2) is 0 Å². The number of ether oxygens (including phenoxy) is 2. The van der Waals surface area contributed by atoms with Crippen molar-refractivity contribution in [1.82, 2.24) is 0 Å². The summed E-state index contributed by atoms with van der Waals surface area (Å²) >= 11 is 3.33. The van der Waals surface area contributed by atoms with Crippen molar-refractivity contribution in [3.05, 3.63) is 22.2 Å². The lowest BCUT2D eigenvalue weighted by molar-refractivity contribution is 0.0387. The monoisotopic (exact) mass is 316 g/mol. The number of aliphatic hydroxyl groups is 1. The third-order valence-electron chi connectivity index (χ3n) is 2.91. The molecule has 100 valence electrons. The van der Waals surface area contributed by atoms with E-state index in [0.717, 1.165) is 0 Å². The highest BCUT2D eigenvalue weighted by molar-refractivity contribution is 9.10. The minimum Gasteiger partial charge on any atom is -0.495 e. The first-order valence-electron chi connectivity index (χ1n) is 5.56. The van der Waals surface area contributed by atoms with Crippen LogP contribution in [0.1, 0.15) is 30.6 Å². The van der Waals surface area contributed by atoms with Gasteiger partial charge in [0.05, 0.1) is 19.8 Å². The smallest absolute Gasteiger partial charge is 0.197 e. The zero-order valence-electron chi connectivity index (χ0n) is 10.9. The average molecular weight is 317 g/mol. The standard InChI is InChI=1S/C13H17BrO4/c1-5-13(2,16)12(15)8-6-7-9(17-3)10(14)11(8)18-4/h6-7,16H,5H2,1-4H3. The SMILES string of the molecule is CCC(C)(O)C(=O)c1ccc(OC)c(Br)c1OC. The van der Waals surface area contributed by atoms with Gasteiger partial charge in [0.2, 0.25) is 0 Å². The van der Waals surface area contributed by atoms with Crippen LogP contribution in [0.25, 0.3) is 0 Å². The Balaban J connectivity index is 3.34. The molecule has 0 bridgehead atoms. The summed E-state index contributed by atoms with van der Waals surface area (Å²) in [6.07, 6.45) is 0.332. The van der Waals surface area contributed by atoms with Crippen molar-refractivity contribution in [3.8, 4) is 11.5 Å². The van der Waals surface area contributed by atoms with Crippen LogP contribution in [0.15, 0.2) is 16.6 Å². The van der Waals surface area contributed by atoms with Crippen LogP contribution in [0.4, 0.5) is 0 Å². The Labute approximate surface area is 115 Å². The average Bonchev–Trinajstić information content (AvgIpc) is 2.37. The van der Waals surface area contributed by atoms with Crippen LogP contribution in [0.3, 0.4) is 0 Å². The normalized spacial score (nSPS) is 13.9. The summed E-state index contributed by atoms with van der Waals surface area (Å²) in [5.74, 6) is 0.567. The van der Waals surface area contributed by atoms with Gasteiger partial charge in [-0.2, -0.15) is 0 Å². The van der Waals surface area contributed by atoms with Crippen LogP contribution in [-0.4, -0.2) is 30.7 Å². The zero-order chi connectivity index (χ0) is 13.9. The summed E-state index contributed by atoms with van der Waals surface area (Å²) in [6, 6.07) is 3.25. The summed E-state index contributed by atoms with van der Waals surface area (Å²) in [7, 11) is 3.00. The van der Waals surface area contributed by atoms with E-state index in [4.69, 9.17) is 9.47 Å². The molecule has 1 unspecified atom stereocenters. The van der Waals surface area contributed by atoms with Gasteiger partial charge in [-0.1, -0.05) is 6.92 Å². The largest absolute Gasteiger partial charge is 0.495 e. The predicted molar refractivity (Wildman–Crippen MR) is 72.5 cm³/mol. The van der Waals surface area contributed by atoms with Gasteiger partial charge in [0, 0.05) is 0 Å². The molecule has 0 spiro atoms. The van der Waals surface area contributed by atoms with Crippen molar-refractivity contribution < 1.29 is 19.4 Å². The Kier molecular flexibility index (Phi) is 4.76. The van der Waals surface area contributed by atoms with Gasteiger partial charge in [-0.15, -0.1) is 0 Å². The summed E-state index contributed by atoms with van der Waals surface area (Å²) in [4.78, 5) is 12.2. The maximum atomic E-state index is 12.2. The molecular weight excluding hydrogens is 300 g/mol. The zero-order valence-corrected chi connectivity index (χ0v) is 12.5. The van der Waals surface area contributed by atoms with Crippen molar-refractivity contribution in [2.24, 2.45) is 0 Å². The van der Waals surface area contributed by atoms with Crippen molar-refractivity contribution in [2.75, 3.05) is 14.2 Å². The van der Waals surface area contributed by atoms with Crippen molar-refractivity contribution in [2.45, 2.75) is 25.9 Å². The molecule has 1 rings (SSSR count). The Morgan fingerprint density at radius 1 is 1.39 bits per heavy atom. The first-order chi connectivity index (χ1) is 8.38. The number of Topliss-reactive ketones (excluding diaryl/α,β-unsaturated/α-hetero) is 1. The van der Waals surface area contributed by atoms with Crippen LogP contribution >= 0.6 is 15.9 Å². The quantitative estimate of drug-likeness (QED) is 0.849. The minimum atomic E-state index is -1.40. The molecule has 0 aromatic heterocycles. The van der Waals surface area contributed by atoms with Crippen LogP contribution in [0.2, 0.25) is 0 Å². The molecule has 0 aliphatic heterocycles. The van der Waals surface area contributed by atoms with E-state index < -0.39 is 5.60 Å². The molecular formula is C13H17BrO4. The molecule has 0 saturated heterocycles. The molecule has 0 fully saturated rings. The van der Waals surface area contributed by atoms with E-state index in [1.165, 1.54) is 21.1 Å². The highest BCUT2D eigenvalue weighted by Crippen LogP contribution is 2.38. The fourth-order valence-electron chi connectivity index (χ4n) is 1.52. The number of benzene rings is 1. The summed E-state index contributed by atoms with van der Waals surface area (Å²) in [5, 5.41) is 10.0. The second-order valence-corrected chi connectivity index (χ2v) is 4.91. The van der Waals surface area contributed by atoms with Gasteiger partial charge < -0.3 is 14.6 Å². The number of hydrogen-bond acceptors (Lipinski definition) is 4. The topological polar surface area (TPSA) is 55.8 Å². The van der Waals surface area contributed by atoms with E-state index >= 15 is 0 Å². The number of rotatable bonds is 5. The Morgan fingerprint density at radius 2 is 2.00 bits per heavy atom. The fraction of sp³-hybridized carbons (Fsp3) is 0.462. The molecule has 1 aromatic carbocycles. The maximum Gasteiger partial charge on any atom is 0.197 e. The lowest BCUT2D eigenvalue weighted by atomic mass is 9.92. The first-order valence-corrected chi connectivity index (χ1v) is 6.36. The Morgan fingerprint density at radius 3 is 2.44 bits per heavy atom. The summed E-state index contributed by atoms with van der Waals surface area (Å²) in [5.41, 5.74) is -1.07. The molecule has 0 aliphatic carbocycles. The highest BCUT2D eigenvalue weighted by Gasteiger charge is 2.32. The van der Waals surface area contributed by atoms with Crippen molar-refractivity contribution >= 4 is 21.7 Å². The molecule has 18 heavy (non-hydrogen) atoms. The second-order valence-electron chi connectivity index (χ2n) is 4.12. The van der Waals surface area contributed by atoms with Gasteiger partial charge >= 0.3 is 0 Å². The fourth-order valence-corrected chi connectivity index (χ4v) is 2.19. The van der Waals surface area contributed by atoms with Gasteiger partial charge in [0.15, 0.2) is 5.78 Å². The maximum absolute atomic E-state index is 12.2. The van der Waals surface area contributed by atoms with Crippen LogP contribution in [0.5, 0.6) is 11.5 Å². The minimum absolute atomic E-state index is 0.331. The van der Waals surface area contributed by atoms with Crippen molar-refractivity contribution in [3.63, 3.8) is 0 Å². The van der Waals surface area contributed by atoms with Gasteiger partial charge in [-0.3, -0.25) is 4.79 Å². The van der Waals surface area contributed by atoms with Gasteiger partial charge in [0.1, 0.15) is 21.6 Å². The van der Waals surface area contributed by atoms with E-state index in [1.807, 2.05) is 0 Å². The van der Waals surface area contributed by atoms with Gasteiger partial charge in [-0.05, 0) is 41.4 Å². The Bertz CT molecular complexity index is 455. The van der Waals surface area contributed by atoms with Crippen LogP contribution in [-0.2, 0) is 0 Å². The molecule has 0 heterocycles. The van der Waals surface area contributed by atoms with Crippen molar-refractivity contribution in [1.29, 1.82) is 0 Å². The number of methoxy groups -OCH3 is 2. The molecule has 1 atom stereocenters. The van der Waals surface area contributed by atoms with Crippen LogP contribution in [0, 0.1) is 0 Å². The first kappa shape index (κ1) is 15.0. The van der Waals surface area contributed by atoms with E-state index in [2.05, 4.69) is 15.9 Å². The third-order valence-corrected chi connectivity index (χ3v) is 3.66.